The first kappa shape index (κ1) is 28.5. The number of benzene rings is 2. The fourth-order valence-corrected chi connectivity index (χ4v) is 5.41. The van der Waals surface area contributed by atoms with E-state index in [9.17, 15) is 18.0 Å². The Morgan fingerprint density at radius 3 is 2.32 bits per heavy atom. The maximum Gasteiger partial charge on any atom is 0.488 e. The quantitative estimate of drug-likeness (QED) is 0.418. The first-order valence-electron chi connectivity index (χ1n) is 12.0. The maximum atomic E-state index is 13.0. The molecule has 0 spiro atoms. The Hall–Kier alpha value is -3.09. The number of carbonyl (C=O) groups excluding carboxylic acids is 2. The van der Waals surface area contributed by atoms with Crippen LogP contribution in [0.5, 0.6) is 0 Å². The van der Waals surface area contributed by atoms with Crippen LogP contribution >= 0.6 is 0 Å². The molecule has 0 heterocycles. The number of hydrogen-bond acceptors (Lipinski definition) is 8. The van der Waals surface area contributed by atoms with E-state index in [4.69, 9.17) is 19.5 Å². The fourth-order valence-electron chi connectivity index (χ4n) is 3.55. The lowest BCUT2D eigenvalue weighted by Crippen LogP contribution is -2.34. The Labute approximate surface area is 217 Å². The van der Waals surface area contributed by atoms with E-state index in [0.29, 0.717) is 36.0 Å². The van der Waals surface area contributed by atoms with Crippen LogP contribution in [0.3, 0.4) is 0 Å². The minimum absolute atomic E-state index is 0.0285. The molecule has 2 amide bonds. The van der Waals surface area contributed by atoms with Crippen molar-refractivity contribution in [1.82, 2.24) is 4.90 Å². The van der Waals surface area contributed by atoms with Crippen molar-refractivity contribution in [2.24, 2.45) is 0 Å². The average molecular weight is 532 g/mol. The number of ether oxygens (including phenoxy) is 2. The second kappa shape index (κ2) is 11.5. The van der Waals surface area contributed by atoms with Gasteiger partial charge in [-0.05, 0) is 68.4 Å². The topological polar surface area (TPSA) is 142 Å². The summed E-state index contributed by atoms with van der Waals surface area (Å²) in [6.07, 6.45) is 0.298. The number of amides is 2. The van der Waals surface area contributed by atoms with Gasteiger partial charge in [0.05, 0.1) is 23.3 Å². The molecule has 0 radical (unpaired) electrons. The molecular weight excluding hydrogens is 499 g/mol. The van der Waals surface area contributed by atoms with Crippen LogP contribution in [0, 0.1) is 0 Å². The molecule has 10 nitrogen and oxygen atoms in total. The van der Waals surface area contributed by atoms with Crippen LogP contribution in [0.2, 0.25) is 0 Å². The summed E-state index contributed by atoms with van der Waals surface area (Å²) in [5, 5.41) is 20.5. The monoisotopic (exact) mass is 532 g/mol. The standard InChI is InChI=1S/C25H33BN2O8S/c1-25(2,3)36-24(30)28(4)16-18-15-20(9-12-22(18)37(33,34)21-10-11-21)27-23(29)35-14-13-17-5-7-19(8-6-17)26(31)32/h5-9,12,15,21,31-32H,10-11,13-14,16H2,1-4H3,(H,27,29). The number of rotatable bonds is 9. The number of hydrogen-bond donors (Lipinski definition) is 3. The predicted molar refractivity (Wildman–Crippen MR) is 139 cm³/mol. The zero-order chi connectivity index (χ0) is 27.4. The molecular formula is C25H33BN2O8S. The Kier molecular flexibility index (Phi) is 8.88. The first-order chi connectivity index (χ1) is 17.3. The zero-order valence-corrected chi connectivity index (χ0v) is 22.2. The summed E-state index contributed by atoms with van der Waals surface area (Å²) < 4.78 is 36.6. The van der Waals surface area contributed by atoms with Crippen LogP contribution in [0.15, 0.2) is 47.4 Å². The molecule has 1 aliphatic rings. The second-order valence-electron chi connectivity index (χ2n) is 10.0. The third-order valence-electron chi connectivity index (χ3n) is 5.59. The molecule has 1 fully saturated rings. The van der Waals surface area contributed by atoms with Crippen molar-refractivity contribution in [3.05, 3.63) is 53.6 Å². The second-order valence-corrected chi connectivity index (χ2v) is 12.2. The zero-order valence-electron chi connectivity index (χ0n) is 21.4. The van der Waals surface area contributed by atoms with Crippen molar-refractivity contribution >= 4 is 40.3 Å². The molecule has 3 N–H and O–H groups in total. The van der Waals surface area contributed by atoms with Gasteiger partial charge < -0.3 is 24.4 Å². The number of anilines is 1. The van der Waals surface area contributed by atoms with E-state index >= 15 is 0 Å². The van der Waals surface area contributed by atoms with Crippen LogP contribution in [-0.4, -0.2) is 67.2 Å². The van der Waals surface area contributed by atoms with Gasteiger partial charge >= 0.3 is 19.3 Å². The molecule has 0 bridgehead atoms. The third kappa shape index (κ3) is 8.21. The molecule has 0 saturated heterocycles. The Morgan fingerprint density at radius 2 is 1.76 bits per heavy atom. The summed E-state index contributed by atoms with van der Waals surface area (Å²) in [4.78, 5) is 26.2. The van der Waals surface area contributed by atoms with Crippen molar-refractivity contribution in [2.75, 3.05) is 19.0 Å². The van der Waals surface area contributed by atoms with Crippen LogP contribution < -0.4 is 10.8 Å². The molecule has 2 aromatic rings. The summed E-state index contributed by atoms with van der Waals surface area (Å²) in [7, 11) is -3.58. The minimum atomic E-state index is -3.56. The van der Waals surface area contributed by atoms with Crippen molar-refractivity contribution in [2.45, 2.75) is 62.3 Å². The lowest BCUT2D eigenvalue weighted by molar-refractivity contribution is 0.0283. The fraction of sp³-hybridized carbons (Fsp3) is 0.440. The van der Waals surface area contributed by atoms with E-state index in [1.807, 2.05) is 0 Å². The number of nitrogens with zero attached hydrogens (tertiary/aromatic N) is 1. The van der Waals surface area contributed by atoms with Gasteiger partial charge in [0, 0.05) is 19.2 Å². The molecule has 37 heavy (non-hydrogen) atoms. The molecule has 1 aliphatic carbocycles. The SMILES string of the molecule is CN(Cc1cc(NC(=O)OCCc2ccc(B(O)O)cc2)ccc1S(=O)(=O)C1CC1)C(=O)OC(C)(C)C. The smallest absolute Gasteiger partial charge is 0.449 e. The Bertz CT molecular complexity index is 1220. The molecule has 0 aliphatic heterocycles. The van der Waals surface area contributed by atoms with Gasteiger partial charge in [0.2, 0.25) is 0 Å². The van der Waals surface area contributed by atoms with Crippen LogP contribution in [0.25, 0.3) is 0 Å². The van der Waals surface area contributed by atoms with Crippen molar-refractivity contribution < 1.29 is 37.5 Å². The van der Waals surface area contributed by atoms with E-state index in [2.05, 4.69) is 5.32 Å². The normalized spacial score (nSPS) is 13.6. The average Bonchev–Trinajstić information content (AvgIpc) is 3.64. The van der Waals surface area contributed by atoms with Crippen LogP contribution in [0.4, 0.5) is 15.3 Å². The highest BCUT2D eigenvalue weighted by Gasteiger charge is 2.38. The van der Waals surface area contributed by atoms with Gasteiger partial charge in [-0.2, -0.15) is 0 Å². The highest BCUT2D eigenvalue weighted by molar-refractivity contribution is 7.92. The highest BCUT2D eigenvalue weighted by atomic mass is 32.2. The highest BCUT2D eigenvalue weighted by Crippen LogP contribution is 2.36. The molecule has 0 unspecified atom stereocenters. The van der Waals surface area contributed by atoms with Gasteiger partial charge in [0.15, 0.2) is 9.84 Å². The van der Waals surface area contributed by atoms with E-state index in [1.165, 1.54) is 30.1 Å². The van der Waals surface area contributed by atoms with E-state index in [1.54, 1.807) is 45.0 Å². The van der Waals surface area contributed by atoms with Crippen molar-refractivity contribution in [3.8, 4) is 0 Å². The largest absolute Gasteiger partial charge is 0.488 e. The summed E-state index contributed by atoms with van der Waals surface area (Å²) in [5.74, 6) is 0. The van der Waals surface area contributed by atoms with E-state index in [-0.39, 0.29) is 18.0 Å². The van der Waals surface area contributed by atoms with Gasteiger partial charge in [-0.25, -0.2) is 18.0 Å². The van der Waals surface area contributed by atoms with E-state index < -0.39 is 40.0 Å². The Balaban J connectivity index is 1.67. The summed E-state index contributed by atoms with van der Waals surface area (Å²) >= 11 is 0. The van der Waals surface area contributed by atoms with Crippen LogP contribution in [-0.2, 0) is 32.3 Å². The Morgan fingerprint density at radius 1 is 1.11 bits per heavy atom. The predicted octanol–water partition coefficient (Wildman–Crippen LogP) is 2.46. The summed E-state index contributed by atoms with van der Waals surface area (Å²) in [6, 6.07) is 11.0. The molecule has 12 heteroatoms. The number of sulfone groups is 1. The van der Waals surface area contributed by atoms with Gasteiger partial charge in [-0.15, -0.1) is 0 Å². The van der Waals surface area contributed by atoms with Gasteiger partial charge in [0.25, 0.3) is 0 Å². The summed E-state index contributed by atoms with van der Waals surface area (Å²) in [5.41, 5.74) is 1.20. The van der Waals surface area contributed by atoms with Gasteiger partial charge in [0.1, 0.15) is 5.60 Å². The van der Waals surface area contributed by atoms with Crippen molar-refractivity contribution in [1.29, 1.82) is 0 Å². The van der Waals surface area contributed by atoms with Gasteiger partial charge in [-0.3, -0.25) is 5.32 Å². The minimum Gasteiger partial charge on any atom is -0.449 e. The first-order valence-corrected chi connectivity index (χ1v) is 13.5. The van der Waals surface area contributed by atoms with Crippen molar-refractivity contribution in [3.63, 3.8) is 0 Å². The van der Waals surface area contributed by atoms with Crippen LogP contribution in [0.1, 0.15) is 44.7 Å². The summed E-state index contributed by atoms with van der Waals surface area (Å²) in [6.45, 7) is 5.28. The third-order valence-corrected chi connectivity index (χ3v) is 7.95. The maximum absolute atomic E-state index is 13.0. The molecule has 0 atom stereocenters. The molecule has 3 rings (SSSR count). The molecule has 200 valence electrons. The molecule has 2 aromatic carbocycles. The number of carbonyl (C=O) groups is 2. The van der Waals surface area contributed by atoms with E-state index in [0.717, 1.165) is 5.56 Å². The van der Waals surface area contributed by atoms with Gasteiger partial charge in [-0.1, -0.05) is 24.3 Å². The number of nitrogens with one attached hydrogen (secondary N) is 1. The lowest BCUT2D eigenvalue weighted by Gasteiger charge is -2.25. The molecule has 0 aromatic heterocycles. The molecule has 1 saturated carbocycles. The lowest BCUT2D eigenvalue weighted by atomic mass is 9.80.